The van der Waals surface area contributed by atoms with Gasteiger partial charge in [-0.2, -0.15) is 0 Å². The van der Waals surface area contributed by atoms with Crippen molar-refractivity contribution in [3.8, 4) is 0 Å². The van der Waals surface area contributed by atoms with E-state index in [4.69, 9.17) is 0 Å². The standard InChI is InChI=1S/C18H18N2/c1-12-4-6-15-16(9-12)19-11-18(15)20-8-7-14-5-3-13(2)10-17(14)20/h3-10,18-19H,11H2,1-2H3. The van der Waals surface area contributed by atoms with E-state index >= 15 is 0 Å². The van der Waals surface area contributed by atoms with Crippen molar-refractivity contribution in [3.63, 3.8) is 0 Å². The number of hydrogen-bond acceptors (Lipinski definition) is 1. The molecule has 0 radical (unpaired) electrons. The Labute approximate surface area is 119 Å². The minimum Gasteiger partial charge on any atom is -0.382 e. The van der Waals surface area contributed by atoms with Crippen LogP contribution in [0.25, 0.3) is 10.9 Å². The molecular formula is C18H18N2. The Kier molecular flexibility index (Phi) is 2.40. The Hall–Kier alpha value is -2.22. The zero-order valence-corrected chi connectivity index (χ0v) is 11.9. The van der Waals surface area contributed by atoms with Gasteiger partial charge in [-0.15, -0.1) is 0 Å². The maximum Gasteiger partial charge on any atom is 0.0778 e. The number of nitrogens with one attached hydrogen (secondary N) is 1. The molecule has 4 rings (SSSR count). The highest BCUT2D eigenvalue weighted by molar-refractivity contribution is 5.81. The Morgan fingerprint density at radius 2 is 1.80 bits per heavy atom. The second-order valence-electron chi connectivity index (χ2n) is 5.77. The molecule has 0 amide bonds. The van der Waals surface area contributed by atoms with E-state index in [0.29, 0.717) is 6.04 Å². The van der Waals surface area contributed by atoms with Gasteiger partial charge in [0.2, 0.25) is 0 Å². The van der Waals surface area contributed by atoms with Crippen LogP contribution >= 0.6 is 0 Å². The van der Waals surface area contributed by atoms with Gasteiger partial charge < -0.3 is 9.88 Å². The molecule has 1 aliphatic rings. The summed E-state index contributed by atoms with van der Waals surface area (Å²) in [7, 11) is 0. The summed E-state index contributed by atoms with van der Waals surface area (Å²) in [4.78, 5) is 0. The van der Waals surface area contributed by atoms with Gasteiger partial charge in [-0.25, -0.2) is 0 Å². The topological polar surface area (TPSA) is 17.0 Å². The first-order chi connectivity index (χ1) is 9.72. The van der Waals surface area contributed by atoms with Crippen LogP contribution in [0.4, 0.5) is 5.69 Å². The number of aryl methyl sites for hydroxylation is 2. The molecule has 0 saturated heterocycles. The van der Waals surface area contributed by atoms with E-state index in [2.05, 4.69) is 72.4 Å². The lowest BCUT2D eigenvalue weighted by Gasteiger charge is -2.15. The van der Waals surface area contributed by atoms with E-state index in [1.807, 2.05) is 0 Å². The highest BCUT2D eigenvalue weighted by atomic mass is 15.1. The second-order valence-corrected chi connectivity index (χ2v) is 5.77. The van der Waals surface area contributed by atoms with Crippen molar-refractivity contribution in [1.29, 1.82) is 0 Å². The predicted octanol–water partition coefficient (Wildman–Crippen LogP) is 4.27. The molecule has 2 heteroatoms. The smallest absolute Gasteiger partial charge is 0.0778 e. The van der Waals surface area contributed by atoms with E-state index in [0.717, 1.165) is 6.54 Å². The van der Waals surface area contributed by atoms with Crippen LogP contribution in [0.15, 0.2) is 48.7 Å². The van der Waals surface area contributed by atoms with Crippen molar-refractivity contribution >= 4 is 16.6 Å². The number of fused-ring (bicyclic) bond motifs is 2. The van der Waals surface area contributed by atoms with Crippen molar-refractivity contribution in [2.45, 2.75) is 19.9 Å². The van der Waals surface area contributed by atoms with Crippen LogP contribution in [0.1, 0.15) is 22.7 Å². The molecule has 2 heterocycles. The van der Waals surface area contributed by atoms with E-state index in [-0.39, 0.29) is 0 Å². The molecule has 1 N–H and O–H groups in total. The molecule has 0 saturated carbocycles. The molecule has 1 aromatic heterocycles. The van der Waals surface area contributed by atoms with Gasteiger partial charge in [-0.05, 0) is 54.1 Å². The molecule has 100 valence electrons. The van der Waals surface area contributed by atoms with Gasteiger partial charge in [0.25, 0.3) is 0 Å². The largest absolute Gasteiger partial charge is 0.382 e. The maximum absolute atomic E-state index is 3.54. The van der Waals surface area contributed by atoms with Gasteiger partial charge in [-0.3, -0.25) is 0 Å². The van der Waals surface area contributed by atoms with Gasteiger partial charge in [0.15, 0.2) is 0 Å². The number of benzene rings is 2. The summed E-state index contributed by atoms with van der Waals surface area (Å²) in [6, 6.07) is 16.0. The van der Waals surface area contributed by atoms with Crippen molar-refractivity contribution in [2.75, 3.05) is 11.9 Å². The van der Waals surface area contributed by atoms with E-state index in [1.54, 1.807) is 0 Å². The number of rotatable bonds is 1. The third kappa shape index (κ3) is 1.64. The zero-order valence-electron chi connectivity index (χ0n) is 11.9. The van der Waals surface area contributed by atoms with Crippen LogP contribution in [0.2, 0.25) is 0 Å². The Bertz CT molecular complexity index is 798. The Morgan fingerprint density at radius 3 is 2.70 bits per heavy atom. The van der Waals surface area contributed by atoms with Gasteiger partial charge >= 0.3 is 0 Å². The van der Waals surface area contributed by atoms with Crippen LogP contribution in [0.3, 0.4) is 0 Å². The normalized spacial score (nSPS) is 17.2. The lowest BCUT2D eigenvalue weighted by atomic mass is 10.1. The highest BCUT2D eigenvalue weighted by Gasteiger charge is 2.24. The van der Waals surface area contributed by atoms with Crippen molar-refractivity contribution in [2.24, 2.45) is 0 Å². The number of nitrogens with zero attached hydrogens (tertiary/aromatic N) is 1. The van der Waals surface area contributed by atoms with Crippen LogP contribution in [0, 0.1) is 13.8 Å². The molecular weight excluding hydrogens is 244 g/mol. The highest BCUT2D eigenvalue weighted by Crippen LogP contribution is 2.35. The zero-order chi connectivity index (χ0) is 13.7. The fraction of sp³-hybridized carbons (Fsp3) is 0.222. The van der Waals surface area contributed by atoms with E-state index < -0.39 is 0 Å². The molecule has 20 heavy (non-hydrogen) atoms. The number of hydrogen-bond donors (Lipinski definition) is 1. The summed E-state index contributed by atoms with van der Waals surface area (Å²) < 4.78 is 2.40. The number of anilines is 1. The van der Waals surface area contributed by atoms with Crippen molar-refractivity contribution < 1.29 is 0 Å². The summed E-state index contributed by atoms with van der Waals surface area (Å²) in [6.45, 7) is 5.27. The molecule has 2 nitrogen and oxygen atoms in total. The molecule has 1 unspecified atom stereocenters. The Balaban J connectivity index is 1.88. The van der Waals surface area contributed by atoms with Gasteiger partial charge in [0.05, 0.1) is 6.04 Å². The van der Waals surface area contributed by atoms with E-state index in [9.17, 15) is 0 Å². The minimum absolute atomic E-state index is 0.393. The van der Waals surface area contributed by atoms with Crippen molar-refractivity contribution in [3.05, 3.63) is 65.4 Å². The van der Waals surface area contributed by atoms with Crippen LogP contribution in [-0.2, 0) is 0 Å². The molecule has 2 aromatic carbocycles. The molecule has 1 aliphatic heterocycles. The lowest BCUT2D eigenvalue weighted by Crippen LogP contribution is -2.11. The molecule has 0 fully saturated rings. The second kappa shape index (κ2) is 4.14. The van der Waals surface area contributed by atoms with E-state index in [1.165, 1.54) is 33.3 Å². The first kappa shape index (κ1) is 11.6. The third-order valence-electron chi connectivity index (χ3n) is 4.27. The predicted molar refractivity (Wildman–Crippen MR) is 84.5 cm³/mol. The van der Waals surface area contributed by atoms with Crippen LogP contribution in [-0.4, -0.2) is 11.1 Å². The minimum atomic E-state index is 0.393. The van der Waals surface area contributed by atoms with Gasteiger partial charge in [0, 0.05) is 23.9 Å². The summed E-state index contributed by atoms with van der Waals surface area (Å²) in [5.41, 5.74) is 6.63. The fourth-order valence-electron chi connectivity index (χ4n) is 3.21. The van der Waals surface area contributed by atoms with Gasteiger partial charge in [-0.1, -0.05) is 24.3 Å². The summed E-state index contributed by atoms with van der Waals surface area (Å²) in [5, 5.41) is 4.85. The molecule has 0 bridgehead atoms. The van der Waals surface area contributed by atoms with Gasteiger partial charge in [0.1, 0.15) is 0 Å². The summed E-state index contributed by atoms with van der Waals surface area (Å²) >= 11 is 0. The fourth-order valence-corrected chi connectivity index (χ4v) is 3.21. The quantitative estimate of drug-likeness (QED) is 0.693. The van der Waals surface area contributed by atoms with Crippen LogP contribution in [0.5, 0.6) is 0 Å². The number of aromatic nitrogens is 1. The lowest BCUT2D eigenvalue weighted by molar-refractivity contribution is 0.659. The third-order valence-corrected chi connectivity index (χ3v) is 4.27. The van der Waals surface area contributed by atoms with Crippen molar-refractivity contribution in [1.82, 2.24) is 4.57 Å². The SMILES string of the molecule is Cc1ccc2c(c1)NCC2n1ccc2ccc(C)cc21. The average Bonchev–Trinajstić information content (AvgIpc) is 3.01. The Morgan fingerprint density at radius 1 is 1.00 bits per heavy atom. The molecule has 3 aromatic rings. The molecule has 0 aliphatic carbocycles. The molecule has 0 spiro atoms. The monoisotopic (exact) mass is 262 g/mol. The first-order valence-corrected chi connectivity index (χ1v) is 7.14. The molecule has 1 atom stereocenters. The maximum atomic E-state index is 3.54. The van der Waals surface area contributed by atoms with Crippen LogP contribution < -0.4 is 5.32 Å². The first-order valence-electron chi connectivity index (χ1n) is 7.14. The summed E-state index contributed by atoms with van der Waals surface area (Å²) in [5.74, 6) is 0. The average molecular weight is 262 g/mol. The summed E-state index contributed by atoms with van der Waals surface area (Å²) in [6.07, 6.45) is 2.21.